The second-order valence-corrected chi connectivity index (χ2v) is 5.13. The summed E-state index contributed by atoms with van der Waals surface area (Å²) < 4.78 is 5.21. The first-order valence-electron chi connectivity index (χ1n) is 6.04. The largest absolute Gasteiger partial charge is 0.480 e. The van der Waals surface area contributed by atoms with Crippen molar-refractivity contribution in [1.82, 2.24) is 4.98 Å². The molecular formula is C12H13BrN2O6. The van der Waals surface area contributed by atoms with Crippen LogP contribution in [0.1, 0.15) is 26.7 Å². The molecule has 0 aromatic carbocycles. The zero-order chi connectivity index (χ0) is 16.2. The predicted octanol–water partition coefficient (Wildman–Crippen LogP) is 2.55. The average Bonchev–Trinajstić information content (AvgIpc) is 2.42. The molecule has 0 unspecified atom stereocenters. The van der Waals surface area contributed by atoms with Gasteiger partial charge in [0.15, 0.2) is 5.41 Å². The number of ether oxygens (including phenoxy) is 1. The van der Waals surface area contributed by atoms with E-state index in [-0.39, 0.29) is 12.8 Å². The van der Waals surface area contributed by atoms with Crippen molar-refractivity contribution in [3.63, 3.8) is 0 Å². The molecule has 0 saturated carbocycles. The minimum Gasteiger partial charge on any atom is -0.480 e. The molecule has 8 nitrogen and oxygen atoms in total. The third-order valence-corrected chi connectivity index (χ3v) is 3.63. The average molecular weight is 361 g/mol. The standard InChI is InChI=1S/C12H13BrN2O6/c1-3-12(4-2,10(16)17)11(18)21-9-8(15(19)20)5-7(13)6-14-9/h5-6H,3-4H2,1-2H3,(H,16,17). The first-order valence-corrected chi connectivity index (χ1v) is 6.83. The van der Waals surface area contributed by atoms with E-state index in [0.717, 1.165) is 6.07 Å². The van der Waals surface area contributed by atoms with Gasteiger partial charge in [0.05, 0.1) is 4.92 Å². The van der Waals surface area contributed by atoms with Crippen LogP contribution in [0.4, 0.5) is 5.69 Å². The van der Waals surface area contributed by atoms with Gasteiger partial charge in [-0.25, -0.2) is 4.98 Å². The van der Waals surface area contributed by atoms with Crippen molar-refractivity contribution in [3.05, 3.63) is 26.9 Å². The van der Waals surface area contributed by atoms with Gasteiger partial charge in [-0.3, -0.25) is 19.7 Å². The fourth-order valence-corrected chi connectivity index (χ4v) is 2.06. The number of aromatic nitrogens is 1. The molecule has 9 heteroatoms. The lowest BCUT2D eigenvalue weighted by Crippen LogP contribution is -2.41. The number of carboxylic acids is 1. The molecule has 1 N–H and O–H groups in total. The third-order valence-electron chi connectivity index (χ3n) is 3.19. The van der Waals surface area contributed by atoms with Gasteiger partial charge in [0, 0.05) is 16.7 Å². The fourth-order valence-electron chi connectivity index (χ4n) is 1.74. The molecule has 0 radical (unpaired) electrons. The molecule has 1 heterocycles. The molecule has 0 fully saturated rings. The van der Waals surface area contributed by atoms with Crippen molar-refractivity contribution in [3.8, 4) is 5.88 Å². The maximum absolute atomic E-state index is 12.1. The van der Waals surface area contributed by atoms with Crippen LogP contribution in [-0.2, 0) is 9.59 Å². The Morgan fingerprint density at radius 2 is 2.05 bits per heavy atom. The van der Waals surface area contributed by atoms with E-state index in [9.17, 15) is 24.8 Å². The van der Waals surface area contributed by atoms with Crippen molar-refractivity contribution in [2.75, 3.05) is 0 Å². The number of carboxylic acid groups (broad SMARTS) is 1. The number of hydrogen-bond acceptors (Lipinski definition) is 6. The van der Waals surface area contributed by atoms with E-state index in [1.165, 1.54) is 20.0 Å². The van der Waals surface area contributed by atoms with Crippen LogP contribution in [0.5, 0.6) is 5.88 Å². The van der Waals surface area contributed by atoms with Gasteiger partial charge in [-0.15, -0.1) is 0 Å². The first-order chi connectivity index (χ1) is 9.78. The lowest BCUT2D eigenvalue weighted by atomic mass is 9.82. The number of aliphatic carboxylic acids is 1. The van der Waals surface area contributed by atoms with Crippen molar-refractivity contribution < 1.29 is 24.4 Å². The molecule has 0 atom stereocenters. The molecule has 0 aliphatic rings. The molecule has 1 rings (SSSR count). The molecule has 0 saturated heterocycles. The van der Waals surface area contributed by atoms with Gasteiger partial charge >= 0.3 is 23.5 Å². The summed E-state index contributed by atoms with van der Waals surface area (Å²) in [6.07, 6.45) is 1.22. The van der Waals surface area contributed by atoms with Gasteiger partial charge < -0.3 is 9.84 Å². The minimum absolute atomic E-state index is 0.00198. The van der Waals surface area contributed by atoms with Crippen LogP contribution < -0.4 is 4.74 Å². The molecule has 0 bridgehead atoms. The summed E-state index contributed by atoms with van der Waals surface area (Å²) >= 11 is 3.02. The topological polar surface area (TPSA) is 120 Å². The number of halogens is 1. The summed E-state index contributed by atoms with van der Waals surface area (Å²) in [5.41, 5.74) is -2.27. The van der Waals surface area contributed by atoms with Crippen molar-refractivity contribution in [1.29, 1.82) is 0 Å². The minimum atomic E-state index is -1.75. The monoisotopic (exact) mass is 360 g/mol. The smallest absolute Gasteiger partial charge is 0.332 e. The van der Waals surface area contributed by atoms with Gasteiger partial charge in [0.1, 0.15) is 0 Å². The van der Waals surface area contributed by atoms with Crippen LogP contribution in [0.3, 0.4) is 0 Å². The Kier molecular flexibility index (Phi) is 5.36. The van der Waals surface area contributed by atoms with E-state index < -0.39 is 33.8 Å². The van der Waals surface area contributed by atoms with Gasteiger partial charge in [-0.05, 0) is 28.8 Å². The molecule has 114 valence electrons. The van der Waals surface area contributed by atoms with E-state index >= 15 is 0 Å². The zero-order valence-electron chi connectivity index (χ0n) is 11.3. The Morgan fingerprint density at radius 1 is 1.48 bits per heavy atom. The molecular weight excluding hydrogens is 348 g/mol. The highest BCUT2D eigenvalue weighted by Crippen LogP contribution is 2.32. The summed E-state index contributed by atoms with van der Waals surface area (Å²) in [4.78, 5) is 37.3. The normalized spacial score (nSPS) is 11.0. The first kappa shape index (κ1) is 17.0. The number of rotatable bonds is 6. The maximum Gasteiger partial charge on any atom is 0.332 e. The Balaban J connectivity index is 3.19. The fraction of sp³-hybridized carbons (Fsp3) is 0.417. The van der Waals surface area contributed by atoms with Crippen LogP contribution in [-0.4, -0.2) is 27.0 Å². The van der Waals surface area contributed by atoms with Gasteiger partial charge in [-0.1, -0.05) is 13.8 Å². The maximum atomic E-state index is 12.1. The molecule has 0 spiro atoms. The summed E-state index contributed by atoms with van der Waals surface area (Å²) in [5, 5.41) is 20.1. The summed E-state index contributed by atoms with van der Waals surface area (Å²) in [6, 6.07) is 1.12. The summed E-state index contributed by atoms with van der Waals surface area (Å²) in [7, 11) is 0. The molecule has 21 heavy (non-hydrogen) atoms. The lowest BCUT2D eigenvalue weighted by Gasteiger charge is -2.23. The highest BCUT2D eigenvalue weighted by Gasteiger charge is 2.45. The van der Waals surface area contributed by atoms with Crippen LogP contribution in [0.25, 0.3) is 0 Å². The van der Waals surface area contributed by atoms with Gasteiger partial charge in [0.25, 0.3) is 0 Å². The number of pyridine rings is 1. The van der Waals surface area contributed by atoms with E-state index in [1.54, 1.807) is 0 Å². The van der Waals surface area contributed by atoms with E-state index in [2.05, 4.69) is 20.9 Å². The van der Waals surface area contributed by atoms with Crippen LogP contribution in [0.15, 0.2) is 16.7 Å². The summed E-state index contributed by atoms with van der Waals surface area (Å²) in [5.74, 6) is -2.93. The van der Waals surface area contributed by atoms with Crippen molar-refractivity contribution >= 4 is 33.6 Å². The highest BCUT2D eigenvalue weighted by molar-refractivity contribution is 9.10. The quantitative estimate of drug-likeness (QED) is 0.358. The SMILES string of the molecule is CCC(CC)(C(=O)O)C(=O)Oc1ncc(Br)cc1[N+](=O)[O-]. The van der Waals surface area contributed by atoms with Crippen molar-refractivity contribution in [2.24, 2.45) is 5.41 Å². The number of carbonyl (C=O) groups is 2. The number of carbonyl (C=O) groups excluding carboxylic acids is 1. The summed E-state index contributed by atoms with van der Waals surface area (Å²) in [6.45, 7) is 3.06. The number of nitro groups is 1. The van der Waals surface area contributed by atoms with E-state index in [0.29, 0.717) is 4.47 Å². The highest BCUT2D eigenvalue weighted by atomic mass is 79.9. The van der Waals surface area contributed by atoms with E-state index in [1.807, 2.05) is 0 Å². The number of hydrogen-bond donors (Lipinski definition) is 1. The Labute approximate surface area is 128 Å². The molecule has 1 aromatic rings. The molecule has 0 aliphatic heterocycles. The number of esters is 1. The van der Waals surface area contributed by atoms with Crippen LogP contribution >= 0.6 is 15.9 Å². The second kappa shape index (κ2) is 6.61. The lowest BCUT2D eigenvalue weighted by molar-refractivity contribution is -0.386. The third kappa shape index (κ3) is 3.35. The predicted molar refractivity (Wildman–Crippen MR) is 74.9 cm³/mol. The zero-order valence-corrected chi connectivity index (χ0v) is 12.9. The molecule has 1 aromatic heterocycles. The molecule has 0 amide bonds. The van der Waals surface area contributed by atoms with Crippen LogP contribution in [0, 0.1) is 15.5 Å². The van der Waals surface area contributed by atoms with Crippen molar-refractivity contribution in [2.45, 2.75) is 26.7 Å². The Bertz CT molecular complexity index is 585. The Hall–Kier alpha value is -2.03. The van der Waals surface area contributed by atoms with Gasteiger partial charge in [-0.2, -0.15) is 0 Å². The van der Waals surface area contributed by atoms with Crippen LogP contribution in [0.2, 0.25) is 0 Å². The second-order valence-electron chi connectivity index (χ2n) is 4.22. The van der Waals surface area contributed by atoms with E-state index in [4.69, 9.17) is 4.74 Å². The Morgan fingerprint density at radius 3 is 2.48 bits per heavy atom. The van der Waals surface area contributed by atoms with Gasteiger partial charge in [0.2, 0.25) is 0 Å². The number of nitrogens with zero attached hydrogens (tertiary/aromatic N) is 2. The molecule has 0 aliphatic carbocycles.